The number of carbonyl (C=O) groups excluding carboxylic acids is 1. The average molecular weight is 399 g/mol. The minimum Gasteiger partial charge on any atom is -0.384 e. The molecule has 2 aliphatic rings. The Bertz CT molecular complexity index is 813. The summed E-state index contributed by atoms with van der Waals surface area (Å²) in [6.07, 6.45) is 4.50. The molecule has 8 heteroatoms. The quantitative estimate of drug-likeness (QED) is 0.781. The van der Waals surface area contributed by atoms with E-state index in [1.165, 1.54) is 0 Å². The summed E-state index contributed by atoms with van der Waals surface area (Å²) in [5.41, 5.74) is 7.78. The zero-order valence-corrected chi connectivity index (χ0v) is 17.0. The van der Waals surface area contributed by atoms with Gasteiger partial charge in [0.2, 0.25) is 5.91 Å². The molecule has 0 saturated carbocycles. The Morgan fingerprint density at radius 2 is 2.14 bits per heavy atom. The first-order valence-corrected chi connectivity index (χ1v) is 10.4. The van der Waals surface area contributed by atoms with Gasteiger partial charge < -0.3 is 20.5 Å². The third kappa shape index (κ3) is 5.13. The van der Waals surface area contributed by atoms with Crippen molar-refractivity contribution < 1.29 is 9.32 Å². The van der Waals surface area contributed by atoms with Gasteiger partial charge in [-0.25, -0.2) is 4.98 Å². The van der Waals surface area contributed by atoms with Crippen molar-refractivity contribution >= 4 is 11.7 Å². The van der Waals surface area contributed by atoms with Gasteiger partial charge in [-0.3, -0.25) is 9.69 Å². The fourth-order valence-corrected chi connectivity index (χ4v) is 4.33. The second-order valence-electron chi connectivity index (χ2n) is 8.20. The van der Waals surface area contributed by atoms with Crippen LogP contribution >= 0.6 is 0 Å². The van der Waals surface area contributed by atoms with Gasteiger partial charge in [-0.2, -0.15) is 0 Å². The smallest absolute Gasteiger partial charge is 0.225 e. The first kappa shape index (κ1) is 19.8. The van der Waals surface area contributed by atoms with E-state index >= 15 is 0 Å². The predicted molar refractivity (Wildman–Crippen MR) is 110 cm³/mol. The molecule has 2 aliphatic heterocycles. The summed E-state index contributed by atoms with van der Waals surface area (Å²) in [6, 6.07) is 6.13. The molecule has 156 valence electrons. The van der Waals surface area contributed by atoms with E-state index in [1.807, 2.05) is 36.2 Å². The number of nitrogens with zero attached hydrogens (tertiary/aromatic N) is 4. The van der Waals surface area contributed by atoms with E-state index in [0.29, 0.717) is 17.8 Å². The van der Waals surface area contributed by atoms with Crippen molar-refractivity contribution in [1.29, 1.82) is 0 Å². The van der Waals surface area contributed by atoms with Crippen molar-refractivity contribution in [3.8, 4) is 0 Å². The molecule has 0 radical (unpaired) electrons. The van der Waals surface area contributed by atoms with E-state index in [1.54, 1.807) is 0 Å². The first-order valence-electron chi connectivity index (χ1n) is 10.4. The van der Waals surface area contributed by atoms with E-state index < -0.39 is 0 Å². The average Bonchev–Trinajstić information content (AvgIpc) is 3.14. The van der Waals surface area contributed by atoms with E-state index in [0.717, 1.165) is 75.5 Å². The Morgan fingerprint density at radius 1 is 1.31 bits per heavy atom. The highest BCUT2D eigenvalue weighted by molar-refractivity contribution is 5.79. The van der Waals surface area contributed by atoms with Gasteiger partial charge in [-0.1, -0.05) is 11.2 Å². The van der Waals surface area contributed by atoms with Crippen LogP contribution in [0.25, 0.3) is 0 Å². The Labute approximate surface area is 171 Å². The molecule has 0 bridgehead atoms. The van der Waals surface area contributed by atoms with Gasteiger partial charge in [-0.05, 0) is 44.4 Å². The molecule has 2 fully saturated rings. The molecular weight excluding hydrogens is 368 g/mol. The second-order valence-corrected chi connectivity index (χ2v) is 8.20. The van der Waals surface area contributed by atoms with Crippen LogP contribution < -0.4 is 11.1 Å². The number of hydrogen-bond acceptors (Lipinski definition) is 7. The Hall–Kier alpha value is -2.45. The maximum atomic E-state index is 13.1. The number of rotatable bonds is 5. The highest BCUT2D eigenvalue weighted by Gasteiger charge is 2.31. The number of aryl methyl sites for hydroxylation is 1. The normalized spacial score (nSPS) is 23.3. The SMILES string of the molecule is Cc1cc(CN2CCN(C(=O)C3CCNC(Cc4ccc(N)nc4)C3)CC2)no1. The Kier molecular flexibility index (Phi) is 6.10. The van der Waals surface area contributed by atoms with E-state index in [4.69, 9.17) is 10.3 Å². The minimum atomic E-state index is 0.104. The van der Waals surface area contributed by atoms with Crippen LogP contribution in [0.1, 0.15) is 29.9 Å². The maximum absolute atomic E-state index is 13.1. The lowest BCUT2D eigenvalue weighted by molar-refractivity contribution is -0.138. The number of piperidine rings is 1. The van der Waals surface area contributed by atoms with Gasteiger partial charge >= 0.3 is 0 Å². The fraction of sp³-hybridized carbons (Fsp3) is 0.571. The monoisotopic (exact) mass is 398 g/mol. The third-order valence-electron chi connectivity index (χ3n) is 5.92. The molecule has 4 heterocycles. The summed E-state index contributed by atoms with van der Waals surface area (Å²) < 4.78 is 5.15. The van der Waals surface area contributed by atoms with Gasteiger partial charge in [0.25, 0.3) is 0 Å². The Morgan fingerprint density at radius 3 is 2.83 bits per heavy atom. The molecule has 2 atom stereocenters. The molecule has 2 saturated heterocycles. The van der Waals surface area contributed by atoms with Gasteiger partial charge in [0, 0.05) is 56.9 Å². The molecular formula is C21H30N6O2. The molecule has 4 rings (SSSR count). The molecule has 3 N–H and O–H groups in total. The van der Waals surface area contributed by atoms with Gasteiger partial charge in [0.1, 0.15) is 11.6 Å². The molecule has 1 amide bonds. The number of nitrogens with two attached hydrogens (primary N) is 1. The van der Waals surface area contributed by atoms with Crippen molar-refractivity contribution in [2.75, 3.05) is 38.5 Å². The number of nitrogens with one attached hydrogen (secondary N) is 1. The van der Waals surface area contributed by atoms with E-state index in [-0.39, 0.29) is 5.92 Å². The first-order chi connectivity index (χ1) is 14.1. The van der Waals surface area contributed by atoms with Crippen LogP contribution in [0.15, 0.2) is 28.9 Å². The van der Waals surface area contributed by atoms with Crippen molar-refractivity contribution in [3.63, 3.8) is 0 Å². The lowest BCUT2D eigenvalue weighted by atomic mass is 9.88. The largest absolute Gasteiger partial charge is 0.384 e. The van der Waals surface area contributed by atoms with Gasteiger partial charge in [0.15, 0.2) is 0 Å². The topological polar surface area (TPSA) is 101 Å². The second kappa shape index (κ2) is 8.92. The summed E-state index contributed by atoms with van der Waals surface area (Å²) in [4.78, 5) is 21.6. The van der Waals surface area contributed by atoms with E-state index in [2.05, 4.69) is 20.4 Å². The summed E-state index contributed by atoms with van der Waals surface area (Å²) in [6.45, 7) is 6.90. The molecule has 0 aliphatic carbocycles. The summed E-state index contributed by atoms with van der Waals surface area (Å²) in [5, 5.41) is 7.62. The maximum Gasteiger partial charge on any atom is 0.225 e. The molecule has 29 heavy (non-hydrogen) atoms. The van der Waals surface area contributed by atoms with Gasteiger partial charge in [-0.15, -0.1) is 0 Å². The number of aromatic nitrogens is 2. The number of carbonyl (C=O) groups is 1. The van der Waals surface area contributed by atoms with Crippen LogP contribution in [-0.4, -0.2) is 64.6 Å². The molecule has 2 aromatic heterocycles. The molecule has 8 nitrogen and oxygen atoms in total. The lowest BCUT2D eigenvalue weighted by Gasteiger charge is -2.38. The van der Waals surface area contributed by atoms with Crippen LogP contribution in [0.4, 0.5) is 5.82 Å². The predicted octanol–water partition coefficient (Wildman–Crippen LogP) is 1.22. The van der Waals surface area contributed by atoms with Crippen LogP contribution in [0.5, 0.6) is 0 Å². The molecule has 2 unspecified atom stereocenters. The number of anilines is 1. The van der Waals surface area contributed by atoms with Crippen molar-refractivity contribution in [2.24, 2.45) is 5.92 Å². The molecule has 0 aromatic carbocycles. The highest BCUT2D eigenvalue weighted by atomic mass is 16.5. The molecule has 2 aromatic rings. The fourth-order valence-electron chi connectivity index (χ4n) is 4.33. The van der Waals surface area contributed by atoms with Crippen molar-refractivity contribution in [1.82, 2.24) is 25.3 Å². The van der Waals surface area contributed by atoms with E-state index in [9.17, 15) is 4.79 Å². The van der Waals surface area contributed by atoms with Crippen molar-refractivity contribution in [3.05, 3.63) is 41.4 Å². The summed E-state index contributed by atoms with van der Waals surface area (Å²) in [7, 11) is 0. The summed E-state index contributed by atoms with van der Waals surface area (Å²) >= 11 is 0. The van der Waals surface area contributed by atoms with Gasteiger partial charge in [0.05, 0.1) is 5.69 Å². The summed E-state index contributed by atoms with van der Waals surface area (Å²) in [5.74, 6) is 1.79. The zero-order chi connectivity index (χ0) is 20.2. The van der Waals surface area contributed by atoms with Crippen LogP contribution in [-0.2, 0) is 17.8 Å². The standard InChI is InChI=1S/C21H30N6O2/c1-15-10-19(25-29-15)14-26-6-8-27(9-7-26)21(28)17-4-5-23-18(12-17)11-16-2-3-20(22)24-13-16/h2-3,10,13,17-18,23H,4-9,11-12,14H2,1H3,(H2,22,24). The van der Waals surface area contributed by atoms with Crippen molar-refractivity contribution in [2.45, 2.75) is 38.8 Å². The minimum absolute atomic E-state index is 0.104. The number of nitrogen functional groups attached to an aromatic ring is 1. The lowest BCUT2D eigenvalue weighted by Crippen LogP contribution is -2.52. The van der Waals surface area contributed by atoms with Crippen LogP contribution in [0, 0.1) is 12.8 Å². The number of hydrogen-bond donors (Lipinski definition) is 2. The number of pyridine rings is 1. The molecule has 0 spiro atoms. The number of amides is 1. The van der Waals surface area contributed by atoms with Crippen LogP contribution in [0.3, 0.4) is 0 Å². The Balaban J connectivity index is 1.26. The third-order valence-corrected chi connectivity index (χ3v) is 5.92. The van der Waals surface area contributed by atoms with Crippen LogP contribution in [0.2, 0.25) is 0 Å². The number of piperazine rings is 1. The highest BCUT2D eigenvalue weighted by Crippen LogP contribution is 2.22. The zero-order valence-electron chi connectivity index (χ0n) is 17.0.